The molecule has 0 aliphatic heterocycles. The Labute approximate surface area is 208 Å². The van der Waals surface area contributed by atoms with Gasteiger partial charge in [-0.15, -0.1) is 32.9 Å². The van der Waals surface area contributed by atoms with E-state index >= 15 is 0 Å². The maximum absolute atomic E-state index is 13.3. The number of esters is 1. The van der Waals surface area contributed by atoms with E-state index in [2.05, 4.69) is 21.6 Å². The Kier molecular flexibility index (Phi) is 7.44. The molecule has 0 atom stereocenters. The zero-order valence-electron chi connectivity index (χ0n) is 18.6. The molecule has 1 amide bonds. The lowest BCUT2D eigenvalue weighted by Crippen LogP contribution is -2.16. The summed E-state index contributed by atoms with van der Waals surface area (Å²) >= 11 is 4.13. The van der Waals surface area contributed by atoms with Crippen LogP contribution in [-0.2, 0) is 16.1 Å². The van der Waals surface area contributed by atoms with Crippen LogP contribution in [0.4, 0.5) is 9.39 Å². The Balaban J connectivity index is 1.50. The van der Waals surface area contributed by atoms with Crippen molar-refractivity contribution in [1.29, 1.82) is 0 Å². The molecular formula is C23H21FN4O3S3. The van der Waals surface area contributed by atoms with Crippen LogP contribution in [0.3, 0.4) is 0 Å². The van der Waals surface area contributed by atoms with Crippen molar-refractivity contribution >= 4 is 51.3 Å². The lowest BCUT2D eigenvalue weighted by Gasteiger charge is -2.08. The first kappa shape index (κ1) is 24.1. The summed E-state index contributed by atoms with van der Waals surface area (Å²) in [6.07, 6.45) is 0. The number of nitrogens with zero attached hydrogens (tertiary/aromatic N) is 3. The second-order valence-corrected chi connectivity index (χ2v) is 10.1. The number of benzene rings is 1. The Bertz CT molecular complexity index is 1330. The summed E-state index contributed by atoms with van der Waals surface area (Å²) in [6.45, 7) is 4.70. The maximum atomic E-state index is 13.3. The zero-order valence-corrected chi connectivity index (χ0v) is 21.1. The molecule has 0 aliphatic carbocycles. The zero-order chi connectivity index (χ0) is 24.2. The molecule has 176 valence electrons. The molecule has 3 aromatic heterocycles. The smallest absolute Gasteiger partial charge is 0.341 e. The van der Waals surface area contributed by atoms with Crippen molar-refractivity contribution in [2.24, 2.45) is 0 Å². The van der Waals surface area contributed by atoms with Gasteiger partial charge in [0.25, 0.3) is 0 Å². The largest absolute Gasteiger partial charge is 0.465 e. The monoisotopic (exact) mass is 516 g/mol. The van der Waals surface area contributed by atoms with Crippen LogP contribution in [-0.4, -0.2) is 39.5 Å². The van der Waals surface area contributed by atoms with Gasteiger partial charge in [-0.2, -0.15) is 0 Å². The number of nitrogens with one attached hydrogen (secondary N) is 1. The first-order valence-corrected chi connectivity index (χ1v) is 13.0. The van der Waals surface area contributed by atoms with Gasteiger partial charge in [0.1, 0.15) is 16.4 Å². The van der Waals surface area contributed by atoms with E-state index in [1.54, 1.807) is 28.8 Å². The summed E-state index contributed by atoms with van der Waals surface area (Å²) in [6, 6.07) is 7.85. The van der Waals surface area contributed by atoms with E-state index in [4.69, 9.17) is 4.74 Å². The number of halogens is 1. The van der Waals surface area contributed by atoms with Crippen LogP contribution < -0.4 is 5.32 Å². The van der Waals surface area contributed by atoms with Crippen LogP contribution in [0, 0.1) is 12.7 Å². The van der Waals surface area contributed by atoms with Gasteiger partial charge < -0.3 is 14.6 Å². The van der Waals surface area contributed by atoms with Crippen LogP contribution in [0.2, 0.25) is 0 Å². The summed E-state index contributed by atoms with van der Waals surface area (Å²) in [4.78, 5) is 26.4. The normalized spacial score (nSPS) is 10.9. The van der Waals surface area contributed by atoms with E-state index < -0.39 is 5.97 Å². The molecule has 4 rings (SSSR count). The van der Waals surface area contributed by atoms with Gasteiger partial charge in [0.2, 0.25) is 5.91 Å². The number of hydrogen-bond donors (Lipinski definition) is 1. The van der Waals surface area contributed by atoms with Crippen molar-refractivity contribution in [3.63, 3.8) is 0 Å². The highest BCUT2D eigenvalue weighted by molar-refractivity contribution is 7.99. The number of hydrogen-bond acceptors (Lipinski definition) is 8. The topological polar surface area (TPSA) is 86.1 Å². The first-order chi connectivity index (χ1) is 16.4. The average Bonchev–Trinajstić information content (AvgIpc) is 3.55. The van der Waals surface area contributed by atoms with Crippen molar-refractivity contribution in [2.75, 3.05) is 18.2 Å². The SMILES string of the molecule is CCn1c(SCC(=O)Nc2scc(-c3ccc(F)cc3)c2C(=O)OC)nnc1-c1csc(C)c1. The Morgan fingerprint density at radius 2 is 1.91 bits per heavy atom. The fraction of sp³-hybridized carbons (Fsp3) is 0.217. The van der Waals surface area contributed by atoms with Gasteiger partial charge in [0.05, 0.1) is 12.9 Å². The fourth-order valence-corrected chi connectivity index (χ4v) is 5.80. The molecule has 34 heavy (non-hydrogen) atoms. The molecule has 0 fully saturated rings. The molecule has 7 nitrogen and oxygen atoms in total. The molecule has 0 saturated heterocycles. The second kappa shape index (κ2) is 10.5. The summed E-state index contributed by atoms with van der Waals surface area (Å²) in [7, 11) is 1.28. The molecule has 11 heteroatoms. The van der Waals surface area contributed by atoms with E-state index in [0.717, 1.165) is 11.4 Å². The molecule has 0 radical (unpaired) electrons. The number of aryl methyl sites for hydroxylation is 1. The highest BCUT2D eigenvalue weighted by Crippen LogP contribution is 2.36. The van der Waals surface area contributed by atoms with Gasteiger partial charge in [-0.3, -0.25) is 4.79 Å². The maximum Gasteiger partial charge on any atom is 0.341 e. The molecule has 0 bridgehead atoms. The summed E-state index contributed by atoms with van der Waals surface area (Å²) in [5.74, 6) is -0.386. The molecule has 0 unspecified atom stereocenters. The van der Waals surface area contributed by atoms with Crippen molar-refractivity contribution < 1.29 is 18.7 Å². The van der Waals surface area contributed by atoms with Crippen LogP contribution in [0.1, 0.15) is 22.2 Å². The van der Waals surface area contributed by atoms with Crippen LogP contribution >= 0.6 is 34.4 Å². The molecule has 0 spiro atoms. The van der Waals surface area contributed by atoms with Gasteiger partial charge in [-0.1, -0.05) is 23.9 Å². The number of rotatable bonds is 8. The summed E-state index contributed by atoms with van der Waals surface area (Å²) in [5.41, 5.74) is 2.47. The van der Waals surface area contributed by atoms with E-state index in [1.807, 2.05) is 23.8 Å². The third-order valence-corrected chi connectivity index (χ3v) is 7.67. The average molecular weight is 517 g/mol. The Morgan fingerprint density at radius 3 is 2.56 bits per heavy atom. The fourth-order valence-electron chi connectivity index (χ4n) is 3.34. The number of amides is 1. The number of ether oxygens (including phenoxy) is 1. The number of aromatic nitrogens is 3. The number of thiophene rings is 2. The minimum atomic E-state index is -0.579. The molecule has 0 aliphatic rings. The van der Waals surface area contributed by atoms with Gasteiger partial charge in [0.15, 0.2) is 11.0 Å². The van der Waals surface area contributed by atoms with Crippen molar-refractivity contribution in [3.05, 3.63) is 57.3 Å². The van der Waals surface area contributed by atoms with Crippen molar-refractivity contribution in [2.45, 2.75) is 25.5 Å². The second-order valence-electron chi connectivity index (χ2n) is 7.19. The molecular weight excluding hydrogens is 495 g/mol. The van der Waals surface area contributed by atoms with Crippen molar-refractivity contribution in [3.8, 4) is 22.5 Å². The first-order valence-electron chi connectivity index (χ1n) is 10.3. The lowest BCUT2D eigenvalue weighted by atomic mass is 10.0. The van der Waals surface area contributed by atoms with Crippen molar-refractivity contribution in [1.82, 2.24) is 14.8 Å². The number of carbonyl (C=O) groups is 2. The van der Waals surface area contributed by atoms with Crippen LogP contribution in [0.25, 0.3) is 22.5 Å². The molecule has 1 N–H and O–H groups in total. The van der Waals surface area contributed by atoms with E-state index in [0.29, 0.717) is 27.8 Å². The van der Waals surface area contributed by atoms with Gasteiger partial charge >= 0.3 is 5.97 Å². The predicted octanol–water partition coefficient (Wildman–Crippen LogP) is 5.72. The minimum absolute atomic E-state index is 0.0885. The third kappa shape index (κ3) is 5.06. The Morgan fingerprint density at radius 1 is 1.15 bits per heavy atom. The highest BCUT2D eigenvalue weighted by Gasteiger charge is 2.23. The number of thioether (sulfide) groups is 1. The minimum Gasteiger partial charge on any atom is -0.465 e. The summed E-state index contributed by atoms with van der Waals surface area (Å²) < 4.78 is 20.2. The van der Waals surface area contributed by atoms with Crippen LogP contribution in [0.15, 0.2) is 46.2 Å². The quantitative estimate of drug-likeness (QED) is 0.238. The predicted molar refractivity (Wildman–Crippen MR) is 134 cm³/mol. The van der Waals surface area contributed by atoms with Gasteiger partial charge in [0, 0.05) is 33.3 Å². The van der Waals surface area contributed by atoms with Gasteiger partial charge in [-0.25, -0.2) is 9.18 Å². The number of methoxy groups -OCH3 is 1. The standard InChI is InChI=1S/C23H21FN4O3S3/c1-4-28-20(15-9-13(2)32-10-15)26-27-23(28)34-12-18(29)25-21-19(22(30)31-3)17(11-33-21)14-5-7-16(24)8-6-14/h5-11H,4,12H2,1-3H3,(H,25,29). The summed E-state index contributed by atoms with van der Waals surface area (Å²) in [5, 5.41) is 16.2. The molecule has 4 aromatic rings. The number of anilines is 1. The molecule has 1 aromatic carbocycles. The van der Waals surface area contributed by atoms with Crippen LogP contribution in [0.5, 0.6) is 0 Å². The lowest BCUT2D eigenvalue weighted by molar-refractivity contribution is -0.113. The number of carbonyl (C=O) groups excluding carboxylic acids is 2. The third-order valence-electron chi connectivity index (χ3n) is 4.94. The Hall–Kier alpha value is -3.02. The molecule has 3 heterocycles. The van der Waals surface area contributed by atoms with Gasteiger partial charge in [-0.05, 0) is 37.6 Å². The van der Waals surface area contributed by atoms with E-state index in [9.17, 15) is 14.0 Å². The highest BCUT2D eigenvalue weighted by atomic mass is 32.2. The van der Waals surface area contributed by atoms with E-state index in [1.165, 1.54) is 47.2 Å². The molecule has 0 saturated carbocycles. The van der Waals surface area contributed by atoms with E-state index in [-0.39, 0.29) is 23.0 Å².